The zero-order chi connectivity index (χ0) is 6.69. The first-order chi connectivity index (χ1) is 4.36. The lowest BCUT2D eigenvalue weighted by atomic mass is 10.3. The highest BCUT2D eigenvalue weighted by molar-refractivity contribution is 8.00. The maximum atomic E-state index is 3.47. The van der Waals surface area contributed by atoms with Crippen LogP contribution in [0.15, 0.2) is 0 Å². The molecule has 0 amide bonds. The molecule has 0 aromatic rings. The smallest absolute Gasteiger partial charge is 0.0533 e. The Morgan fingerprint density at radius 2 is 2.22 bits per heavy atom. The summed E-state index contributed by atoms with van der Waals surface area (Å²) >= 11 is 2.10. The molecule has 0 saturated carbocycles. The molecule has 1 aliphatic rings. The average molecular weight is 145 g/mol. The first kappa shape index (κ1) is 7.42. The molecular weight excluding hydrogens is 130 g/mol. The predicted molar refractivity (Wildman–Crippen MR) is 43.8 cm³/mol. The van der Waals surface area contributed by atoms with Crippen LogP contribution in [0.3, 0.4) is 0 Å². The zero-order valence-corrected chi connectivity index (χ0v) is 7.00. The minimum Gasteiger partial charge on any atom is -0.304 e. The quantitative estimate of drug-likeness (QED) is 0.636. The van der Waals surface area contributed by atoms with Gasteiger partial charge in [0.1, 0.15) is 0 Å². The molecule has 0 radical (unpaired) electrons. The molecular formula is C7H15NS. The highest BCUT2D eigenvalue weighted by atomic mass is 32.2. The van der Waals surface area contributed by atoms with Crippen molar-refractivity contribution in [1.29, 1.82) is 0 Å². The molecule has 0 bridgehead atoms. The Balaban J connectivity index is 2.20. The molecule has 0 spiro atoms. The largest absolute Gasteiger partial charge is 0.304 e. The molecule has 1 fully saturated rings. The number of rotatable bonds is 2. The van der Waals surface area contributed by atoms with Gasteiger partial charge >= 0.3 is 0 Å². The summed E-state index contributed by atoms with van der Waals surface area (Å²) in [6.07, 6.45) is 2.58. The second-order valence-electron chi connectivity index (χ2n) is 2.47. The van der Waals surface area contributed by atoms with Crippen LogP contribution in [0.5, 0.6) is 0 Å². The van der Waals surface area contributed by atoms with E-state index in [1.165, 1.54) is 19.4 Å². The van der Waals surface area contributed by atoms with Crippen LogP contribution in [0.2, 0.25) is 0 Å². The molecule has 1 rings (SSSR count). The third kappa shape index (κ3) is 1.87. The fraction of sp³-hybridized carbons (Fsp3) is 1.00. The molecule has 2 heteroatoms. The Kier molecular flexibility index (Phi) is 2.86. The van der Waals surface area contributed by atoms with Gasteiger partial charge in [0.2, 0.25) is 0 Å². The van der Waals surface area contributed by atoms with Gasteiger partial charge in [0.25, 0.3) is 0 Å². The Morgan fingerprint density at radius 1 is 1.44 bits per heavy atom. The Morgan fingerprint density at radius 3 is 2.56 bits per heavy atom. The van der Waals surface area contributed by atoms with E-state index in [0.717, 1.165) is 10.6 Å². The van der Waals surface area contributed by atoms with Crippen molar-refractivity contribution in [2.24, 2.45) is 0 Å². The average Bonchev–Trinajstić information content (AvgIpc) is 2.34. The van der Waals surface area contributed by atoms with Crippen LogP contribution in [0.4, 0.5) is 0 Å². The van der Waals surface area contributed by atoms with Gasteiger partial charge in [0.05, 0.1) is 5.37 Å². The standard InChI is InChI=1S/C7H15NS/c1-3-6-5-8-7(4-2)9-6/h6-8H,3-5H2,1-2H3. The monoisotopic (exact) mass is 145 g/mol. The van der Waals surface area contributed by atoms with Crippen LogP contribution in [0.25, 0.3) is 0 Å². The van der Waals surface area contributed by atoms with E-state index in [9.17, 15) is 0 Å². The van der Waals surface area contributed by atoms with Crippen LogP contribution in [-0.2, 0) is 0 Å². The molecule has 0 aromatic heterocycles. The minimum absolute atomic E-state index is 0.745. The Hall–Kier alpha value is 0.310. The van der Waals surface area contributed by atoms with Crippen LogP contribution >= 0.6 is 11.8 Å². The summed E-state index contributed by atoms with van der Waals surface area (Å²) in [5, 5.41) is 5.10. The Labute approximate surface area is 61.6 Å². The molecule has 54 valence electrons. The second-order valence-corrected chi connectivity index (χ2v) is 3.98. The van der Waals surface area contributed by atoms with Gasteiger partial charge in [-0.1, -0.05) is 13.8 Å². The second kappa shape index (κ2) is 3.47. The van der Waals surface area contributed by atoms with Crippen LogP contribution in [0, 0.1) is 0 Å². The first-order valence-electron chi connectivity index (χ1n) is 3.75. The highest BCUT2D eigenvalue weighted by Gasteiger charge is 2.20. The van der Waals surface area contributed by atoms with Crippen molar-refractivity contribution in [3.63, 3.8) is 0 Å². The first-order valence-corrected chi connectivity index (χ1v) is 4.70. The summed E-state index contributed by atoms with van der Waals surface area (Å²) in [6.45, 7) is 5.72. The third-order valence-corrected chi connectivity index (χ3v) is 3.47. The predicted octanol–water partition coefficient (Wildman–Crippen LogP) is 1.84. The molecule has 1 heterocycles. The summed E-state index contributed by atoms with van der Waals surface area (Å²) in [4.78, 5) is 0. The van der Waals surface area contributed by atoms with Gasteiger partial charge in [-0.05, 0) is 12.8 Å². The van der Waals surface area contributed by atoms with Crippen molar-refractivity contribution in [3.8, 4) is 0 Å². The van der Waals surface area contributed by atoms with E-state index in [-0.39, 0.29) is 0 Å². The lowest BCUT2D eigenvalue weighted by Crippen LogP contribution is -2.19. The van der Waals surface area contributed by atoms with Gasteiger partial charge in [-0.25, -0.2) is 0 Å². The van der Waals surface area contributed by atoms with E-state index in [4.69, 9.17) is 0 Å². The van der Waals surface area contributed by atoms with E-state index in [0.29, 0.717) is 0 Å². The molecule has 1 aliphatic heterocycles. The van der Waals surface area contributed by atoms with Crippen molar-refractivity contribution in [3.05, 3.63) is 0 Å². The van der Waals surface area contributed by atoms with Gasteiger partial charge in [-0.3, -0.25) is 0 Å². The SMILES string of the molecule is CCC1CNC(CC)S1. The maximum Gasteiger partial charge on any atom is 0.0533 e. The van der Waals surface area contributed by atoms with E-state index < -0.39 is 0 Å². The summed E-state index contributed by atoms with van der Waals surface area (Å²) in [6, 6.07) is 0. The summed E-state index contributed by atoms with van der Waals surface area (Å²) in [5.74, 6) is 0. The fourth-order valence-corrected chi connectivity index (χ4v) is 2.31. The molecule has 9 heavy (non-hydrogen) atoms. The summed E-state index contributed by atoms with van der Waals surface area (Å²) in [5.41, 5.74) is 0. The van der Waals surface area contributed by atoms with Crippen LogP contribution < -0.4 is 5.32 Å². The van der Waals surface area contributed by atoms with E-state index in [1.54, 1.807) is 0 Å². The summed E-state index contributed by atoms with van der Waals surface area (Å²) in [7, 11) is 0. The lowest BCUT2D eigenvalue weighted by molar-refractivity contribution is 0.655. The molecule has 1 saturated heterocycles. The molecule has 2 atom stereocenters. The fourth-order valence-electron chi connectivity index (χ4n) is 1.07. The molecule has 2 unspecified atom stereocenters. The number of nitrogens with one attached hydrogen (secondary N) is 1. The molecule has 1 N–H and O–H groups in total. The van der Waals surface area contributed by atoms with Crippen molar-refractivity contribution < 1.29 is 0 Å². The highest BCUT2D eigenvalue weighted by Crippen LogP contribution is 2.25. The van der Waals surface area contributed by atoms with Crippen molar-refractivity contribution in [2.45, 2.75) is 37.3 Å². The van der Waals surface area contributed by atoms with Gasteiger partial charge in [-0.2, -0.15) is 0 Å². The van der Waals surface area contributed by atoms with Crippen LogP contribution in [-0.4, -0.2) is 17.2 Å². The Bertz CT molecular complexity index is 75.0. The summed E-state index contributed by atoms with van der Waals surface area (Å²) < 4.78 is 0. The van der Waals surface area contributed by atoms with Crippen molar-refractivity contribution >= 4 is 11.8 Å². The van der Waals surface area contributed by atoms with Crippen molar-refractivity contribution in [1.82, 2.24) is 5.32 Å². The molecule has 0 aliphatic carbocycles. The topological polar surface area (TPSA) is 12.0 Å². The number of hydrogen-bond donors (Lipinski definition) is 1. The zero-order valence-electron chi connectivity index (χ0n) is 6.18. The lowest BCUT2D eigenvalue weighted by Gasteiger charge is -2.04. The van der Waals surface area contributed by atoms with Gasteiger partial charge in [-0.15, -0.1) is 11.8 Å². The van der Waals surface area contributed by atoms with Gasteiger partial charge in [0.15, 0.2) is 0 Å². The maximum absolute atomic E-state index is 3.47. The molecule has 0 aromatic carbocycles. The van der Waals surface area contributed by atoms with E-state index >= 15 is 0 Å². The van der Waals surface area contributed by atoms with Gasteiger partial charge in [0, 0.05) is 11.8 Å². The number of thioether (sulfide) groups is 1. The van der Waals surface area contributed by atoms with Crippen molar-refractivity contribution in [2.75, 3.05) is 6.54 Å². The van der Waals surface area contributed by atoms with Crippen LogP contribution in [0.1, 0.15) is 26.7 Å². The normalized spacial score (nSPS) is 35.3. The van der Waals surface area contributed by atoms with E-state index in [2.05, 4.69) is 30.9 Å². The molecule has 1 nitrogen and oxygen atoms in total. The number of hydrogen-bond acceptors (Lipinski definition) is 2. The van der Waals surface area contributed by atoms with Gasteiger partial charge < -0.3 is 5.32 Å². The minimum atomic E-state index is 0.745. The van der Waals surface area contributed by atoms with E-state index in [1.807, 2.05) is 0 Å². The third-order valence-electron chi connectivity index (χ3n) is 1.76.